The lowest BCUT2D eigenvalue weighted by atomic mass is 10.1. The van der Waals surface area contributed by atoms with Crippen molar-refractivity contribution in [3.63, 3.8) is 0 Å². The van der Waals surface area contributed by atoms with E-state index in [9.17, 15) is 4.79 Å². The molecule has 1 unspecified atom stereocenters. The van der Waals surface area contributed by atoms with Crippen LogP contribution in [0.25, 0.3) is 11.4 Å². The number of nitrogens with one attached hydrogen (secondary N) is 1. The van der Waals surface area contributed by atoms with Crippen molar-refractivity contribution in [1.29, 1.82) is 0 Å². The molecule has 1 heterocycles. The van der Waals surface area contributed by atoms with Gasteiger partial charge < -0.3 is 11.1 Å². The summed E-state index contributed by atoms with van der Waals surface area (Å²) in [6.07, 6.45) is 1.08. The van der Waals surface area contributed by atoms with Crippen molar-refractivity contribution in [3.05, 3.63) is 24.3 Å². The van der Waals surface area contributed by atoms with Crippen LogP contribution in [0.4, 0.5) is 5.69 Å². The van der Waals surface area contributed by atoms with Crippen molar-refractivity contribution >= 4 is 11.6 Å². The molecule has 2 aromatic rings. The number of hydrogen-bond acceptors (Lipinski definition) is 5. The van der Waals surface area contributed by atoms with Crippen LogP contribution in [0.5, 0.6) is 0 Å². The smallest absolute Gasteiger partial charge is 0.224 e. The van der Waals surface area contributed by atoms with Crippen LogP contribution < -0.4 is 11.1 Å². The van der Waals surface area contributed by atoms with Crippen LogP contribution >= 0.6 is 0 Å². The minimum atomic E-state index is -0.0421. The molecule has 0 radical (unpaired) electrons. The van der Waals surface area contributed by atoms with Crippen molar-refractivity contribution in [1.82, 2.24) is 20.2 Å². The highest BCUT2D eigenvalue weighted by molar-refractivity contribution is 5.91. The maximum absolute atomic E-state index is 11.8. The SMILES string of the molecule is CCn1nnnc1-c1cccc(NC(=O)CCC(C)N)c1. The van der Waals surface area contributed by atoms with Crippen molar-refractivity contribution < 1.29 is 4.79 Å². The van der Waals surface area contributed by atoms with Gasteiger partial charge in [0.05, 0.1) is 0 Å². The van der Waals surface area contributed by atoms with Crippen LogP contribution in [-0.4, -0.2) is 32.2 Å². The lowest BCUT2D eigenvalue weighted by Crippen LogP contribution is -2.19. The number of hydrogen-bond donors (Lipinski definition) is 2. The lowest BCUT2D eigenvalue weighted by molar-refractivity contribution is -0.116. The van der Waals surface area contributed by atoms with Gasteiger partial charge in [0.2, 0.25) is 5.91 Å². The molecule has 0 aliphatic rings. The largest absolute Gasteiger partial charge is 0.328 e. The fourth-order valence-corrected chi connectivity index (χ4v) is 1.94. The predicted molar refractivity (Wildman–Crippen MR) is 80.4 cm³/mol. The first-order valence-corrected chi connectivity index (χ1v) is 7.02. The van der Waals surface area contributed by atoms with Gasteiger partial charge in [0.25, 0.3) is 0 Å². The van der Waals surface area contributed by atoms with E-state index in [4.69, 9.17) is 5.73 Å². The van der Waals surface area contributed by atoms with E-state index in [1.165, 1.54) is 0 Å². The summed E-state index contributed by atoms with van der Waals surface area (Å²) in [6, 6.07) is 7.51. The number of carbonyl (C=O) groups is 1. The van der Waals surface area contributed by atoms with Gasteiger partial charge in [-0.3, -0.25) is 4.79 Å². The van der Waals surface area contributed by atoms with Gasteiger partial charge in [-0.25, -0.2) is 4.68 Å². The fraction of sp³-hybridized carbons (Fsp3) is 0.429. The van der Waals surface area contributed by atoms with Gasteiger partial charge in [-0.05, 0) is 42.8 Å². The Hall–Kier alpha value is -2.28. The zero-order valence-corrected chi connectivity index (χ0v) is 12.3. The van der Waals surface area contributed by atoms with Crippen LogP contribution in [0, 0.1) is 0 Å². The number of rotatable bonds is 6. The minimum absolute atomic E-state index is 0.0243. The Morgan fingerprint density at radius 2 is 2.29 bits per heavy atom. The zero-order chi connectivity index (χ0) is 15.2. The molecule has 21 heavy (non-hydrogen) atoms. The van der Waals surface area contributed by atoms with Crippen LogP contribution in [0.1, 0.15) is 26.7 Å². The fourth-order valence-electron chi connectivity index (χ4n) is 1.94. The molecule has 0 aliphatic carbocycles. The first-order valence-electron chi connectivity index (χ1n) is 7.02. The Balaban J connectivity index is 2.09. The highest BCUT2D eigenvalue weighted by Gasteiger charge is 2.09. The summed E-state index contributed by atoms with van der Waals surface area (Å²) in [6.45, 7) is 4.55. The number of nitrogens with zero attached hydrogens (tertiary/aromatic N) is 4. The number of anilines is 1. The van der Waals surface area contributed by atoms with E-state index in [0.717, 1.165) is 11.3 Å². The van der Waals surface area contributed by atoms with Gasteiger partial charge in [-0.1, -0.05) is 12.1 Å². The predicted octanol–water partition coefficient (Wildman–Crippen LogP) is 1.43. The van der Waals surface area contributed by atoms with Crippen molar-refractivity contribution in [2.75, 3.05) is 5.32 Å². The number of nitrogens with two attached hydrogens (primary N) is 1. The molecule has 1 aromatic carbocycles. The first kappa shape index (κ1) is 15.1. The Labute approximate surface area is 123 Å². The van der Waals surface area contributed by atoms with Gasteiger partial charge in [0.1, 0.15) is 0 Å². The summed E-state index contributed by atoms with van der Waals surface area (Å²) in [7, 11) is 0. The zero-order valence-electron chi connectivity index (χ0n) is 12.3. The summed E-state index contributed by atoms with van der Waals surface area (Å²) >= 11 is 0. The Kier molecular flexibility index (Phi) is 4.99. The lowest BCUT2D eigenvalue weighted by Gasteiger charge is -2.08. The van der Waals surface area contributed by atoms with E-state index in [0.29, 0.717) is 25.2 Å². The molecule has 0 saturated heterocycles. The van der Waals surface area contributed by atoms with Crippen LogP contribution in [0.2, 0.25) is 0 Å². The number of benzene rings is 1. The summed E-state index contributed by atoms with van der Waals surface area (Å²) < 4.78 is 1.71. The highest BCUT2D eigenvalue weighted by atomic mass is 16.1. The molecule has 112 valence electrons. The van der Waals surface area contributed by atoms with Crippen molar-refractivity contribution in [2.24, 2.45) is 5.73 Å². The van der Waals surface area contributed by atoms with Gasteiger partial charge in [0, 0.05) is 30.3 Å². The summed E-state index contributed by atoms with van der Waals surface area (Å²) in [5.74, 6) is 0.642. The van der Waals surface area contributed by atoms with E-state index in [-0.39, 0.29) is 11.9 Å². The molecule has 1 amide bonds. The molecule has 2 rings (SSSR count). The second-order valence-electron chi connectivity index (χ2n) is 4.96. The monoisotopic (exact) mass is 288 g/mol. The normalized spacial score (nSPS) is 12.1. The van der Waals surface area contributed by atoms with Gasteiger partial charge in [-0.15, -0.1) is 5.10 Å². The maximum atomic E-state index is 11.8. The van der Waals surface area contributed by atoms with E-state index >= 15 is 0 Å². The van der Waals surface area contributed by atoms with Gasteiger partial charge >= 0.3 is 0 Å². The molecular weight excluding hydrogens is 268 g/mol. The molecule has 0 spiro atoms. The molecule has 1 atom stereocenters. The third kappa shape index (κ3) is 4.09. The molecule has 1 aromatic heterocycles. The van der Waals surface area contributed by atoms with Crippen LogP contribution in [0.3, 0.4) is 0 Å². The molecule has 3 N–H and O–H groups in total. The molecule has 0 aliphatic heterocycles. The molecule has 0 bridgehead atoms. The van der Waals surface area contributed by atoms with Crippen molar-refractivity contribution in [2.45, 2.75) is 39.3 Å². The van der Waals surface area contributed by atoms with Gasteiger partial charge in [0.15, 0.2) is 5.82 Å². The van der Waals surface area contributed by atoms with E-state index in [2.05, 4.69) is 20.8 Å². The summed E-state index contributed by atoms with van der Waals surface area (Å²) in [4.78, 5) is 11.8. The van der Waals surface area contributed by atoms with E-state index in [1.54, 1.807) is 4.68 Å². The summed E-state index contributed by atoms with van der Waals surface area (Å²) in [5, 5.41) is 14.4. The average molecular weight is 288 g/mol. The third-order valence-corrected chi connectivity index (χ3v) is 3.06. The second kappa shape index (κ2) is 6.94. The molecular formula is C14H20N6O. The Morgan fingerprint density at radius 1 is 1.48 bits per heavy atom. The molecule has 7 nitrogen and oxygen atoms in total. The number of tetrazole rings is 1. The first-order chi connectivity index (χ1) is 10.1. The Bertz CT molecular complexity index is 607. The van der Waals surface area contributed by atoms with E-state index in [1.807, 2.05) is 38.1 Å². The standard InChI is InChI=1S/C14H20N6O/c1-3-20-14(17-18-19-20)11-5-4-6-12(9-11)16-13(21)8-7-10(2)15/h4-6,9-10H,3,7-8,15H2,1-2H3,(H,16,21). The molecule has 0 saturated carbocycles. The van der Waals surface area contributed by atoms with Crippen molar-refractivity contribution in [3.8, 4) is 11.4 Å². The number of amides is 1. The number of aromatic nitrogens is 4. The van der Waals surface area contributed by atoms with E-state index < -0.39 is 0 Å². The van der Waals surface area contributed by atoms with Crippen LogP contribution in [-0.2, 0) is 11.3 Å². The topological polar surface area (TPSA) is 98.7 Å². The molecule has 0 fully saturated rings. The average Bonchev–Trinajstić information content (AvgIpc) is 2.94. The summed E-state index contributed by atoms with van der Waals surface area (Å²) in [5.41, 5.74) is 7.25. The molecule has 7 heteroatoms. The highest BCUT2D eigenvalue weighted by Crippen LogP contribution is 2.20. The van der Waals surface area contributed by atoms with Crippen LogP contribution in [0.15, 0.2) is 24.3 Å². The number of carbonyl (C=O) groups excluding carboxylic acids is 1. The third-order valence-electron chi connectivity index (χ3n) is 3.06. The minimum Gasteiger partial charge on any atom is -0.328 e. The quantitative estimate of drug-likeness (QED) is 0.837. The number of aryl methyl sites for hydroxylation is 1. The second-order valence-corrected chi connectivity index (χ2v) is 4.96. The Morgan fingerprint density at radius 3 is 3.00 bits per heavy atom. The van der Waals surface area contributed by atoms with Gasteiger partial charge in [-0.2, -0.15) is 0 Å². The maximum Gasteiger partial charge on any atom is 0.224 e.